The van der Waals surface area contributed by atoms with E-state index in [0.29, 0.717) is 17.3 Å². The van der Waals surface area contributed by atoms with Crippen LogP contribution in [0.2, 0.25) is 5.02 Å². The number of aryl methyl sites for hydroxylation is 1. The predicted octanol–water partition coefficient (Wildman–Crippen LogP) is 2.84. The average molecular weight is 388 g/mol. The average Bonchev–Trinajstić information content (AvgIpc) is 3.00. The van der Waals surface area contributed by atoms with E-state index in [9.17, 15) is 9.59 Å². The summed E-state index contributed by atoms with van der Waals surface area (Å²) in [6.45, 7) is 3.84. The van der Waals surface area contributed by atoms with E-state index in [1.807, 2.05) is 32.0 Å². The maximum absolute atomic E-state index is 12.3. The van der Waals surface area contributed by atoms with Crippen LogP contribution in [-0.4, -0.2) is 27.6 Å². The van der Waals surface area contributed by atoms with Crippen molar-refractivity contribution in [3.8, 4) is 0 Å². The first-order chi connectivity index (χ1) is 13.0. The third-order valence-electron chi connectivity index (χ3n) is 4.29. The number of nitrogens with zero attached hydrogens (tertiary/aromatic N) is 2. The maximum Gasteiger partial charge on any atom is 0.249 e. The van der Waals surface area contributed by atoms with Crippen molar-refractivity contribution in [1.29, 1.82) is 0 Å². The van der Waals surface area contributed by atoms with Crippen LogP contribution in [0.15, 0.2) is 36.4 Å². The third kappa shape index (κ3) is 4.75. The van der Waals surface area contributed by atoms with Gasteiger partial charge in [0.2, 0.25) is 11.8 Å². The van der Waals surface area contributed by atoms with Crippen molar-refractivity contribution >= 4 is 35.3 Å². The summed E-state index contributed by atoms with van der Waals surface area (Å²) in [7, 11) is 0. The van der Waals surface area contributed by atoms with Gasteiger partial charge in [-0.05, 0) is 31.1 Å². The van der Waals surface area contributed by atoms with E-state index in [-0.39, 0.29) is 17.9 Å². The smallest absolute Gasteiger partial charge is 0.249 e. The Balaban J connectivity index is 1.75. The van der Waals surface area contributed by atoms with Gasteiger partial charge in [-0.2, -0.15) is 5.10 Å². The summed E-state index contributed by atoms with van der Waals surface area (Å²) in [6.07, 6.45) is 3.81. The highest BCUT2D eigenvalue weighted by atomic mass is 35.5. The Labute approximate surface area is 162 Å². The van der Waals surface area contributed by atoms with Gasteiger partial charge in [0, 0.05) is 29.6 Å². The predicted molar refractivity (Wildman–Crippen MR) is 105 cm³/mol. The molecule has 27 heavy (non-hydrogen) atoms. The summed E-state index contributed by atoms with van der Waals surface area (Å²) < 4.78 is 1.58. The molecule has 142 valence electrons. The minimum atomic E-state index is -0.507. The van der Waals surface area contributed by atoms with Gasteiger partial charge < -0.3 is 10.6 Å². The molecule has 0 saturated carbocycles. The van der Waals surface area contributed by atoms with Gasteiger partial charge in [-0.15, -0.1) is 0 Å². The lowest BCUT2D eigenvalue weighted by Gasteiger charge is -2.31. The number of carbonyl (C=O) groups is 2. The molecular weight excluding hydrogens is 366 g/mol. The summed E-state index contributed by atoms with van der Waals surface area (Å²) in [6, 6.07) is 9.09. The first-order valence-corrected chi connectivity index (χ1v) is 9.19. The Hall–Kier alpha value is -2.64. The number of benzene rings is 1. The number of anilines is 1. The Morgan fingerprint density at radius 1 is 1.44 bits per heavy atom. The van der Waals surface area contributed by atoms with Crippen molar-refractivity contribution in [2.24, 2.45) is 0 Å². The maximum atomic E-state index is 12.3. The van der Waals surface area contributed by atoms with Gasteiger partial charge in [-0.1, -0.05) is 36.7 Å². The fourth-order valence-electron chi connectivity index (χ4n) is 2.90. The number of carbonyl (C=O) groups excluding carboxylic acids is 2. The molecule has 0 aliphatic carbocycles. The number of hydrogen-bond acceptors (Lipinski definition) is 4. The van der Waals surface area contributed by atoms with Gasteiger partial charge in [-0.25, -0.2) is 4.68 Å². The van der Waals surface area contributed by atoms with Gasteiger partial charge in [0.1, 0.15) is 5.82 Å². The van der Waals surface area contributed by atoms with Crippen molar-refractivity contribution in [1.82, 2.24) is 20.4 Å². The normalized spacial score (nSPS) is 19.9. The van der Waals surface area contributed by atoms with Crippen molar-refractivity contribution in [3.63, 3.8) is 0 Å². The molecule has 8 heteroatoms. The molecule has 2 amide bonds. The SMILES string of the molecule is CCC1CC(=O)NC(n2nc(C)cc2NC(=O)/C=C/c2ccccc2Cl)N1. The van der Waals surface area contributed by atoms with Crippen LogP contribution in [0.5, 0.6) is 0 Å². The Morgan fingerprint density at radius 2 is 2.22 bits per heavy atom. The summed E-state index contributed by atoms with van der Waals surface area (Å²) in [4.78, 5) is 24.3. The van der Waals surface area contributed by atoms with Crippen LogP contribution in [0.4, 0.5) is 5.82 Å². The zero-order valence-corrected chi connectivity index (χ0v) is 16.0. The van der Waals surface area contributed by atoms with E-state index in [2.05, 4.69) is 21.0 Å². The van der Waals surface area contributed by atoms with Gasteiger partial charge in [0.25, 0.3) is 0 Å². The molecule has 0 bridgehead atoms. The first-order valence-electron chi connectivity index (χ1n) is 8.81. The molecular formula is C19H22ClN5O2. The molecule has 3 rings (SSSR count). The number of rotatable bonds is 5. The van der Waals surface area contributed by atoms with Crippen LogP contribution in [0.25, 0.3) is 6.08 Å². The van der Waals surface area contributed by atoms with Crippen molar-refractivity contribution in [2.75, 3.05) is 5.32 Å². The lowest BCUT2D eigenvalue weighted by molar-refractivity contribution is -0.125. The summed E-state index contributed by atoms with van der Waals surface area (Å²) in [5.41, 5.74) is 1.49. The van der Waals surface area contributed by atoms with E-state index in [4.69, 9.17) is 11.6 Å². The molecule has 1 fully saturated rings. The molecule has 1 aliphatic rings. The quantitative estimate of drug-likeness (QED) is 0.688. The molecule has 1 aromatic carbocycles. The van der Waals surface area contributed by atoms with Crippen LogP contribution >= 0.6 is 11.6 Å². The standard InChI is InChI=1S/C19H22ClN5O2/c1-3-14-11-18(27)23-19(21-14)25-16(10-12(2)24-25)22-17(26)9-8-13-6-4-5-7-15(13)20/h4-10,14,19,21H,3,11H2,1-2H3,(H,22,26)(H,23,27)/b9-8+. The molecule has 2 heterocycles. The summed E-state index contributed by atoms with van der Waals surface area (Å²) in [5.74, 6) is 0.135. The second-order valence-electron chi connectivity index (χ2n) is 6.41. The molecule has 1 aromatic heterocycles. The highest BCUT2D eigenvalue weighted by Gasteiger charge is 2.27. The lowest BCUT2D eigenvalue weighted by atomic mass is 10.1. The molecule has 1 saturated heterocycles. The number of halogens is 1. The highest BCUT2D eigenvalue weighted by molar-refractivity contribution is 6.32. The fraction of sp³-hybridized carbons (Fsp3) is 0.316. The van der Waals surface area contributed by atoms with Gasteiger partial charge >= 0.3 is 0 Å². The molecule has 2 atom stereocenters. The number of amides is 2. The monoisotopic (exact) mass is 387 g/mol. The fourth-order valence-corrected chi connectivity index (χ4v) is 3.10. The van der Waals surface area contributed by atoms with Gasteiger partial charge in [0.05, 0.1) is 5.69 Å². The third-order valence-corrected chi connectivity index (χ3v) is 4.63. The number of aromatic nitrogens is 2. The zero-order valence-electron chi connectivity index (χ0n) is 15.2. The van der Waals surface area contributed by atoms with Crippen LogP contribution in [0.3, 0.4) is 0 Å². The minimum absolute atomic E-state index is 0.0466. The van der Waals surface area contributed by atoms with E-state index < -0.39 is 6.29 Å². The molecule has 0 radical (unpaired) electrons. The van der Waals surface area contributed by atoms with Gasteiger partial charge in [-0.3, -0.25) is 14.9 Å². The van der Waals surface area contributed by atoms with Crippen molar-refractivity contribution in [3.05, 3.63) is 52.7 Å². The molecule has 2 aromatic rings. The zero-order chi connectivity index (χ0) is 19.4. The minimum Gasteiger partial charge on any atom is -0.322 e. The largest absolute Gasteiger partial charge is 0.322 e. The van der Waals surface area contributed by atoms with E-state index in [1.54, 1.807) is 22.9 Å². The van der Waals surface area contributed by atoms with Crippen molar-refractivity contribution in [2.45, 2.75) is 39.0 Å². The molecule has 0 spiro atoms. The topological polar surface area (TPSA) is 88.1 Å². The second kappa shape index (κ2) is 8.37. The van der Waals surface area contributed by atoms with Crippen LogP contribution in [0, 0.1) is 6.92 Å². The molecule has 7 nitrogen and oxygen atoms in total. The lowest BCUT2D eigenvalue weighted by Crippen LogP contribution is -2.53. The van der Waals surface area contributed by atoms with Crippen molar-refractivity contribution < 1.29 is 9.59 Å². The number of hydrogen-bond donors (Lipinski definition) is 3. The first kappa shape index (κ1) is 19.1. The Kier molecular flexibility index (Phi) is 5.93. The van der Waals surface area contributed by atoms with E-state index >= 15 is 0 Å². The number of nitrogens with one attached hydrogen (secondary N) is 3. The van der Waals surface area contributed by atoms with Crippen LogP contribution in [0.1, 0.15) is 37.3 Å². The van der Waals surface area contributed by atoms with Crippen LogP contribution in [-0.2, 0) is 9.59 Å². The second-order valence-corrected chi connectivity index (χ2v) is 6.81. The summed E-state index contributed by atoms with van der Waals surface area (Å²) >= 11 is 6.09. The Morgan fingerprint density at radius 3 is 2.96 bits per heavy atom. The van der Waals surface area contributed by atoms with E-state index in [1.165, 1.54) is 6.08 Å². The molecule has 2 unspecified atom stereocenters. The Bertz CT molecular complexity index is 877. The van der Waals surface area contributed by atoms with E-state index in [0.717, 1.165) is 17.7 Å². The van der Waals surface area contributed by atoms with Gasteiger partial charge in [0.15, 0.2) is 6.29 Å². The molecule has 3 N–H and O–H groups in total. The summed E-state index contributed by atoms with van der Waals surface area (Å²) in [5, 5.41) is 14.0. The highest BCUT2D eigenvalue weighted by Crippen LogP contribution is 2.19. The van der Waals surface area contributed by atoms with Crippen LogP contribution < -0.4 is 16.0 Å². The molecule has 1 aliphatic heterocycles.